The van der Waals surface area contributed by atoms with Gasteiger partial charge in [0.2, 0.25) is 6.04 Å². The summed E-state index contributed by atoms with van der Waals surface area (Å²) < 4.78 is 0. The van der Waals surface area contributed by atoms with Crippen LogP contribution >= 0.6 is 11.8 Å². The Morgan fingerprint density at radius 2 is 1.83 bits per heavy atom. The van der Waals surface area contributed by atoms with Crippen LogP contribution in [0.4, 0.5) is 0 Å². The Morgan fingerprint density at radius 3 is 2.48 bits per heavy atom. The van der Waals surface area contributed by atoms with Crippen molar-refractivity contribution in [2.75, 3.05) is 5.75 Å². The highest BCUT2D eigenvalue weighted by Crippen LogP contribution is 2.19. The molecule has 2 aromatic rings. The Kier molecular flexibility index (Phi) is 5.78. The number of aliphatic carboxylic acids is 1. The minimum absolute atomic E-state index is 0.0229. The van der Waals surface area contributed by atoms with E-state index in [1.807, 2.05) is 30.3 Å². The standard InChI is InChI=1S/C17H17NO4S/c1-11-13(8-5-9-15(11)19)16(20)18-14(17(21)22)10-23-12-6-3-2-4-7-12/h2-9,14,19H,10H2,1H3,(H,18,20)(H,21,22)/p+1. The molecule has 0 aliphatic carbocycles. The van der Waals surface area contributed by atoms with Gasteiger partial charge >= 0.3 is 11.9 Å². The number of carboxylic acid groups (broad SMARTS) is 1. The van der Waals surface area contributed by atoms with Gasteiger partial charge in [-0.2, -0.15) is 0 Å². The lowest BCUT2D eigenvalue weighted by atomic mass is 10.1. The number of thioether (sulfide) groups is 1. The summed E-state index contributed by atoms with van der Waals surface area (Å²) in [5, 5.41) is 20.2. The molecule has 2 rings (SSSR count). The van der Waals surface area contributed by atoms with Crippen LogP contribution in [0.15, 0.2) is 53.4 Å². The number of quaternary nitrogens is 1. The van der Waals surface area contributed by atoms with Crippen molar-refractivity contribution >= 4 is 23.6 Å². The summed E-state index contributed by atoms with van der Waals surface area (Å²) in [7, 11) is 0. The first-order chi connectivity index (χ1) is 11.0. The summed E-state index contributed by atoms with van der Waals surface area (Å²) in [6, 6.07) is 13.2. The molecule has 6 heteroatoms. The van der Waals surface area contributed by atoms with Crippen LogP contribution in [0.3, 0.4) is 0 Å². The molecule has 23 heavy (non-hydrogen) atoms. The topological polar surface area (TPSA) is 91.2 Å². The third-order valence-electron chi connectivity index (χ3n) is 3.41. The number of nitrogens with two attached hydrogens (primary N) is 1. The number of amides is 1. The molecule has 2 aromatic carbocycles. The quantitative estimate of drug-likeness (QED) is 0.700. The summed E-state index contributed by atoms with van der Waals surface area (Å²) in [5.41, 5.74) is 0.773. The monoisotopic (exact) mass is 332 g/mol. The number of hydrogen-bond acceptors (Lipinski definition) is 4. The average Bonchev–Trinajstić information content (AvgIpc) is 2.54. The van der Waals surface area contributed by atoms with E-state index in [1.54, 1.807) is 19.1 Å². The molecule has 1 atom stereocenters. The van der Waals surface area contributed by atoms with Crippen molar-refractivity contribution in [3.8, 4) is 5.75 Å². The van der Waals surface area contributed by atoms with Crippen LogP contribution in [0.1, 0.15) is 15.9 Å². The van der Waals surface area contributed by atoms with E-state index >= 15 is 0 Å². The zero-order valence-corrected chi connectivity index (χ0v) is 13.4. The number of phenolic OH excluding ortho intramolecular Hbond substituents is 1. The Labute approximate surface area is 138 Å². The van der Waals surface area contributed by atoms with Crippen LogP contribution < -0.4 is 5.32 Å². The molecule has 0 radical (unpaired) electrons. The number of benzene rings is 2. The van der Waals surface area contributed by atoms with Gasteiger partial charge in [0.1, 0.15) is 5.75 Å². The van der Waals surface area contributed by atoms with E-state index < -0.39 is 12.0 Å². The van der Waals surface area contributed by atoms with Gasteiger partial charge < -0.3 is 10.2 Å². The summed E-state index contributed by atoms with van der Waals surface area (Å²) in [6.07, 6.45) is 0. The van der Waals surface area contributed by atoms with Crippen molar-refractivity contribution < 1.29 is 25.1 Å². The van der Waals surface area contributed by atoms with Crippen LogP contribution in [-0.2, 0) is 4.79 Å². The van der Waals surface area contributed by atoms with Gasteiger partial charge in [0.05, 0.1) is 11.3 Å². The van der Waals surface area contributed by atoms with Crippen LogP contribution in [0, 0.1) is 6.92 Å². The summed E-state index contributed by atoms with van der Waals surface area (Å²) >= 11 is 1.39. The molecular weight excluding hydrogens is 314 g/mol. The first kappa shape index (κ1) is 17.1. The fourth-order valence-electron chi connectivity index (χ4n) is 2.06. The third kappa shape index (κ3) is 4.58. The van der Waals surface area contributed by atoms with Gasteiger partial charge in [0, 0.05) is 10.5 Å². The lowest BCUT2D eigenvalue weighted by Gasteiger charge is -2.11. The average molecular weight is 332 g/mol. The minimum Gasteiger partial charge on any atom is -0.508 e. The number of rotatable bonds is 6. The molecule has 4 N–H and O–H groups in total. The van der Waals surface area contributed by atoms with Crippen molar-refractivity contribution in [3.63, 3.8) is 0 Å². The van der Waals surface area contributed by atoms with Crippen LogP contribution in [-0.4, -0.2) is 33.9 Å². The third-order valence-corrected chi connectivity index (χ3v) is 4.54. The maximum Gasteiger partial charge on any atom is 0.363 e. The Balaban J connectivity index is 2.05. The second-order valence-electron chi connectivity index (χ2n) is 5.05. The van der Waals surface area contributed by atoms with E-state index in [4.69, 9.17) is 0 Å². The van der Waals surface area contributed by atoms with E-state index in [1.165, 1.54) is 23.1 Å². The number of carbonyl (C=O) groups is 2. The largest absolute Gasteiger partial charge is 0.508 e. The molecule has 0 bridgehead atoms. The SMILES string of the molecule is Cc1c(O)cccc1C(=O)[NH2+]C(CSc1ccccc1)C(=O)O. The fourth-order valence-corrected chi connectivity index (χ4v) is 3.02. The molecule has 5 nitrogen and oxygen atoms in total. The Bertz CT molecular complexity index is 703. The molecule has 0 saturated carbocycles. The zero-order chi connectivity index (χ0) is 16.8. The smallest absolute Gasteiger partial charge is 0.363 e. The summed E-state index contributed by atoms with van der Waals surface area (Å²) in [4.78, 5) is 24.6. The molecule has 0 spiro atoms. The van der Waals surface area contributed by atoms with E-state index in [9.17, 15) is 19.8 Å². The highest BCUT2D eigenvalue weighted by atomic mass is 32.2. The van der Waals surface area contributed by atoms with Gasteiger partial charge in [-0.3, -0.25) is 5.32 Å². The number of primary amides is 1. The van der Waals surface area contributed by atoms with Gasteiger partial charge in [-0.05, 0) is 31.2 Å². The molecular formula is C17H18NO4S+. The number of aromatic hydroxyl groups is 1. The van der Waals surface area contributed by atoms with Crippen molar-refractivity contribution in [2.24, 2.45) is 0 Å². The summed E-state index contributed by atoms with van der Waals surface area (Å²) in [6.45, 7) is 1.63. The lowest BCUT2D eigenvalue weighted by molar-refractivity contribution is -0.577. The highest BCUT2D eigenvalue weighted by Gasteiger charge is 2.27. The van der Waals surface area contributed by atoms with Gasteiger partial charge in [-0.15, -0.1) is 11.8 Å². The Hall–Kier alpha value is -2.31. The second-order valence-corrected chi connectivity index (χ2v) is 6.14. The van der Waals surface area contributed by atoms with Crippen LogP contribution in [0.25, 0.3) is 0 Å². The van der Waals surface area contributed by atoms with Crippen molar-refractivity contribution in [2.45, 2.75) is 17.9 Å². The lowest BCUT2D eigenvalue weighted by Crippen LogP contribution is -2.95. The molecule has 0 fully saturated rings. The molecule has 0 saturated heterocycles. The molecule has 0 heterocycles. The van der Waals surface area contributed by atoms with E-state index in [0.717, 1.165) is 4.90 Å². The number of carboxylic acids is 1. The number of phenols is 1. The maximum absolute atomic E-state index is 12.3. The van der Waals surface area contributed by atoms with E-state index in [0.29, 0.717) is 11.1 Å². The molecule has 0 aliphatic rings. The number of carbonyl (C=O) groups excluding carboxylic acids is 1. The van der Waals surface area contributed by atoms with Crippen LogP contribution in [0.5, 0.6) is 5.75 Å². The van der Waals surface area contributed by atoms with E-state index in [-0.39, 0.29) is 17.4 Å². The molecule has 0 aliphatic heterocycles. The summed E-state index contributed by atoms with van der Waals surface area (Å²) in [5.74, 6) is -1.14. The van der Waals surface area contributed by atoms with Crippen molar-refractivity contribution in [3.05, 3.63) is 59.7 Å². The van der Waals surface area contributed by atoms with Gasteiger partial charge in [0.15, 0.2) is 0 Å². The van der Waals surface area contributed by atoms with Crippen LogP contribution in [0.2, 0.25) is 0 Å². The van der Waals surface area contributed by atoms with Crippen molar-refractivity contribution in [1.82, 2.24) is 0 Å². The van der Waals surface area contributed by atoms with Gasteiger partial charge in [-0.25, -0.2) is 9.59 Å². The molecule has 120 valence electrons. The van der Waals surface area contributed by atoms with Gasteiger partial charge in [0.25, 0.3) is 0 Å². The highest BCUT2D eigenvalue weighted by molar-refractivity contribution is 7.99. The second kappa shape index (κ2) is 7.80. The maximum atomic E-state index is 12.3. The fraction of sp³-hybridized carbons (Fsp3) is 0.176. The molecule has 0 aromatic heterocycles. The molecule has 1 unspecified atom stereocenters. The van der Waals surface area contributed by atoms with Crippen molar-refractivity contribution in [1.29, 1.82) is 0 Å². The molecule has 1 amide bonds. The Morgan fingerprint density at radius 1 is 1.13 bits per heavy atom. The first-order valence-electron chi connectivity index (χ1n) is 7.07. The zero-order valence-electron chi connectivity index (χ0n) is 12.6. The van der Waals surface area contributed by atoms with E-state index in [2.05, 4.69) is 0 Å². The normalized spacial score (nSPS) is 11.9. The van der Waals surface area contributed by atoms with Gasteiger partial charge in [-0.1, -0.05) is 24.3 Å². The predicted molar refractivity (Wildman–Crippen MR) is 87.7 cm³/mol. The minimum atomic E-state index is -1.04. The predicted octanol–water partition coefficient (Wildman–Crippen LogP) is 1.65. The first-order valence-corrected chi connectivity index (χ1v) is 8.06. The number of hydrogen-bond donors (Lipinski definition) is 3.